The number of carbonyl (C=O) groups excluding carboxylic acids is 2. The summed E-state index contributed by atoms with van der Waals surface area (Å²) in [5.41, 5.74) is 1.49. The van der Waals surface area contributed by atoms with Gasteiger partial charge in [0.05, 0.1) is 5.69 Å². The number of carbonyl (C=O) groups is 2. The maximum atomic E-state index is 11.8. The van der Waals surface area contributed by atoms with Crippen LogP contribution in [-0.4, -0.2) is 17.6 Å². The predicted molar refractivity (Wildman–Crippen MR) is 51.2 cm³/mol. The molecule has 0 bridgehead atoms. The van der Waals surface area contributed by atoms with Crippen LogP contribution in [0, 0.1) is 0 Å². The highest BCUT2D eigenvalue weighted by molar-refractivity contribution is 6.26. The van der Waals surface area contributed by atoms with Crippen molar-refractivity contribution in [3.05, 3.63) is 42.1 Å². The van der Waals surface area contributed by atoms with E-state index < -0.39 is 6.04 Å². The summed E-state index contributed by atoms with van der Waals surface area (Å²) in [7, 11) is 0. The van der Waals surface area contributed by atoms with Gasteiger partial charge in [0.15, 0.2) is 17.6 Å². The van der Waals surface area contributed by atoms with E-state index in [1.54, 1.807) is 17.2 Å². The van der Waals surface area contributed by atoms with Crippen molar-refractivity contribution in [2.45, 2.75) is 6.04 Å². The first kappa shape index (κ1) is 7.50. The van der Waals surface area contributed by atoms with Gasteiger partial charge >= 0.3 is 0 Å². The van der Waals surface area contributed by atoms with Gasteiger partial charge in [-0.1, -0.05) is 12.1 Å². The Kier molecular flexibility index (Phi) is 1.24. The van der Waals surface area contributed by atoms with Crippen LogP contribution in [-0.2, 0) is 4.79 Å². The second kappa shape index (κ2) is 2.32. The molecule has 1 unspecified atom stereocenters. The number of nitrogens with zero attached hydrogens (tertiary/aromatic N) is 1. The molecular weight excluding hydrogens is 178 g/mol. The number of hydrogen-bond donors (Lipinski definition) is 0. The number of fused-ring (bicyclic) bond motifs is 3. The lowest BCUT2D eigenvalue weighted by Gasteiger charge is -2.13. The third kappa shape index (κ3) is 0.719. The van der Waals surface area contributed by atoms with Crippen LogP contribution in [0.4, 0.5) is 5.69 Å². The number of benzene rings is 1. The van der Waals surface area contributed by atoms with E-state index >= 15 is 0 Å². The first-order valence-corrected chi connectivity index (χ1v) is 4.42. The standard InChI is InChI=1S/C11H7NO2/c13-9-5-6-12-8-4-2-1-3-7(8)11(14)10(9)12/h1-6,10H. The summed E-state index contributed by atoms with van der Waals surface area (Å²) in [5, 5.41) is 0. The van der Waals surface area contributed by atoms with Crippen molar-refractivity contribution >= 4 is 17.3 Å². The van der Waals surface area contributed by atoms with Crippen LogP contribution < -0.4 is 4.90 Å². The molecule has 0 radical (unpaired) electrons. The Hall–Kier alpha value is -1.90. The summed E-state index contributed by atoms with van der Waals surface area (Å²) in [6.07, 6.45) is 3.13. The van der Waals surface area contributed by atoms with Gasteiger partial charge in [0.1, 0.15) is 0 Å². The summed E-state index contributed by atoms with van der Waals surface area (Å²) in [6, 6.07) is 6.68. The van der Waals surface area contributed by atoms with E-state index in [1.165, 1.54) is 6.08 Å². The summed E-state index contributed by atoms with van der Waals surface area (Å²) in [6.45, 7) is 0. The first-order valence-electron chi connectivity index (χ1n) is 4.42. The highest BCUT2D eigenvalue weighted by Crippen LogP contribution is 2.34. The summed E-state index contributed by atoms with van der Waals surface area (Å²) in [5.74, 6) is -0.207. The van der Waals surface area contributed by atoms with Gasteiger partial charge in [-0.15, -0.1) is 0 Å². The second-order valence-electron chi connectivity index (χ2n) is 3.41. The van der Waals surface area contributed by atoms with Crippen LogP contribution in [0.5, 0.6) is 0 Å². The number of rotatable bonds is 0. The molecule has 0 saturated carbocycles. The number of Topliss-reactive ketones (excluding diaryl/α,β-unsaturated/α-hetero) is 1. The lowest BCUT2D eigenvalue weighted by molar-refractivity contribution is -0.114. The molecule has 2 aliphatic rings. The maximum absolute atomic E-state index is 11.8. The smallest absolute Gasteiger partial charge is 0.195 e. The normalized spacial score (nSPS) is 22.9. The maximum Gasteiger partial charge on any atom is 0.195 e. The van der Waals surface area contributed by atoms with Crippen LogP contribution in [0.15, 0.2) is 36.5 Å². The Labute approximate surface area is 80.6 Å². The summed E-state index contributed by atoms with van der Waals surface area (Å²) < 4.78 is 0. The molecule has 1 atom stereocenters. The molecule has 14 heavy (non-hydrogen) atoms. The fraction of sp³-hybridized carbons (Fsp3) is 0.0909. The number of ketones is 2. The average Bonchev–Trinajstić information content (AvgIpc) is 2.70. The van der Waals surface area contributed by atoms with Crippen molar-refractivity contribution in [1.29, 1.82) is 0 Å². The largest absolute Gasteiger partial charge is 0.329 e. The average molecular weight is 185 g/mol. The van der Waals surface area contributed by atoms with E-state index in [4.69, 9.17) is 0 Å². The highest BCUT2D eigenvalue weighted by atomic mass is 16.2. The van der Waals surface area contributed by atoms with Crippen LogP contribution in [0.25, 0.3) is 0 Å². The quantitative estimate of drug-likeness (QED) is 0.569. The predicted octanol–water partition coefficient (Wildman–Crippen LogP) is 1.15. The van der Waals surface area contributed by atoms with Gasteiger partial charge < -0.3 is 4.90 Å². The van der Waals surface area contributed by atoms with E-state index in [2.05, 4.69) is 0 Å². The lowest BCUT2D eigenvalue weighted by atomic mass is 10.1. The molecule has 0 spiro atoms. The Morgan fingerprint density at radius 2 is 1.93 bits per heavy atom. The van der Waals surface area contributed by atoms with E-state index in [9.17, 15) is 9.59 Å². The van der Waals surface area contributed by atoms with Crippen LogP contribution in [0.3, 0.4) is 0 Å². The Morgan fingerprint density at radius 3 is 2.79 bits per heavy atom. The molecule has 0 aromatic heterocycles. The van der Waals surface area contributed by atoms with Crippen molar-refractivity contribution in [2.75, 3.05) is 4.90 Å². The number of anilines is 1. The topological polar surface area (TPSA) is 37.4 Å². The Bertz CT molecular complexity index is 476. The van der Waals surface area contributed by atoms with Crippen molar-refractivity contribution in [2.24, 2.45) is 0 Å². The van der Waals surface area contributed by atoms with Gasteiger partial charge in [-0.25, -0.2) is 0 Å². The molecule has 3 nitrogen and oxygen atoms in total. The third-order valence-electron chi connectivity index (χ3n) is 2.64. The van der Waals surface area contributed by atoms with Crippen LogP contribution in [0.2, 0.25) is 0 Å². The molecule has 0 fully saturated rings. The molecule has 3 rings (SSSR count). The lowest BCUT2D eigenvalue weighted by Crippen LogP contribution is -2.33. The zero-order valence-corrected chi connectivity index (χ0v) is 7.31. The number of para-hydroxylation sites is 1. The minimum atomic E-state index is -0.618. The molecule has 2 aliphatic heterocycles. The number of hydrogen-bond acceptors (Lipinski definition) is 3. The molecule has 0 N–H and O–H groups in total. The Morgan fingerprint density at radius 1 is 1.14 bits per heavy atom. The highest BCUT2D eigenvalue weighted by Gasteiger charge is 2.42. The monoisotopic (exact) mass is 185 g/mol. The van der Waals surface area contributed by atoms with Crippen molar-refractivity contribution in [3.63, 3.8) is 0 Å². The SMILES string of the molecule is O=C1C=CN2c3ccccc3C(=O)C12. The molecule has 0 saturated heterocycles. The van der Waals surface area contributed by atoms with E-state index in [0.29, 0.717) is 5.56 Å². The third-order valence-corrected chi connectivity index (χ3v) is 2.64. The van der Waals surface area contributed by atoms with Crippen LogP contribution >= 0.6 is 0 Å². The molecule has 0 aliphatic carbocycles. The van der Waals surface area contributed by atoms with E-state index in [1.807, 2.05) is 18.2 Å². The second-order valence-corrected chi connectivity index (χ2v) is 3.41. The minimum Gasteiger partial charge on any atom is -0.329 e. The Balaban J connectivity index is 2.24. The minimum absolute atomic E-state index is 0.0874. The van der Waals surface area contributed by atoms with Gasteiger partial charge in [-0.05, 0) is 12.1 Å². The summed E-state index contributed by atoms with van der Waals surface area (Å²) in [4.78, 5) is 24.9. The molecule has 1 aromatic rings. The molecule has 0 amide bonds. The molecular formula is C11H7NO2. The van der Waals surface area contributed by atoms with Crippen molar-refractivity contribution in [1.82, 2.24) is 0 Å². The zero-order valence-electron chi connectivity index (χ0n) is 7.31. The fourth-order valence-electron chi connectivity index (χ4n) is 2.00. The molecule has 2 heterocycles. The van der Waals surface area contributed by atoms with Gasteiger partial charge in [-0.3, -0.25) is 9.59 Å². The van der Waals surface area contributed by atoms with E-state index in [-0.39, 0.29) is 11.6 Å². The van der Waals surface area contributed by atoms with Gasteiger partial charge in [0.2, 0.25) is 0 Å². The molecule has 1 aromatic carbocycles. The first-order chi connectivity index (χ1) is 6.79. The zero-order chi connectivity index (χ0) is 9.71. The molecule has 68 valence electrons. The van der Waals surface area contributed by atoms with Gasteiger partial charge in [-0.2, -0.15) is 0 Å². The van der Waals surface area contributed by atoms with E-state index in [0.717, 1.165) is 5.69 Å². The fourth-order valence-corrected chi connectivity index (χ4v) is 2.00. The van der Waals surface area contributed by atoms with Crippen molar-refractivity contribution < 1.29 is 9.59 Å². The van der Waals surface area contributed by atoms with Gasteiger partial charge in [0, 0.05) is 17.8 Å². The van der Waals surface area contributed by atoms with Crippen molar-refractivity contribution in [3.8, 4) is 0 Å². The molecule has 3 heteroatoms. The van der Waals surface area contributed by atoms with Crippen LogP contribution in [0.1, 0.15) is 10.4 Å². The van der Waals surface area contributed by atoms with Gasteiger partial charge in [0.25, 0.3) is 0 Å². The summed E-state index contributed by atoms with van der Waals surface area (Å²) >= 11 is 0.